The lowest BCUT2D eigenvalue weighted by molar-refractivity contribution is -0.136. The van der Waals surface area contributed by atoms with Crippen LogP contribution >= 0.6 is 0 Å². The van der Waals surface area contributed by atoms with Crippen molar-refractivity contribution in [3.63, 3.8) is 0 Å². The van der Waals surface area contributed by atoms with Gasteiger partial charge in [0.1, 0.15) is 11.5 Å². The van der Waals surface area contributed by atoms with Gasteiger partial charge < -0.3 is 10.4 Å². The normalized spacial score (nSPS) is 11.5. The summed E-state index contributed by atoms with van der Waals surface area (Å²) in [5.74, 6) is 0.288. The zero-order chi connectivity index (χ0) is 18.7. The second kappa shape index (κ2) is 7.07. The zero-order valence-corrected chi connectivity index (χ0v) is 15.2. The molecule has 2 aromatic heterocycles. The number of aliphatic carboxylic acids is 1. The molecule has 0 fully saturated rings. The Bertz CT molecular complexity index is 948. The van der Waals surface area contributed by atoms with Crippen LogP contribution in [0.15, 0.2) is 42.6 Å². The summed E-state index contributed by atoms with van der Waals surface area (Å²) in [4.78, 5) is 24.5. The number of carboxylic acid groups (broad SMARTS) is 1. The lowest BCUT2D eigenvalue weighted by Gasteiger charge is -2.19. The molecule has 0 spiro atoms. The predicted molar refractivity (Wildman–Crippen MR) is 102 cm³/mol. The van der Waals surface area contributed by atoms with Crippen LogP contribution in [-0.4, -0.2) is 32.6 Å². The van der Waals surface area contributed by atoms with Crippen molar-refractivity contribution in [3.05, 3.63) is 48.3 Å². The SMILES string of the molecule is CC(C)(C)c1cc(NCCC(=O)O)nc(-c2cc3ccccc3cn2)n1. The fourth-order valence-electron chi connectivity index (χ4n) is 2.54. The van der Waals surface area contributed by atoms with E-state index in [1.54, 1.807) is 0 Å². The van der Waals surface area contributed by atoms with E-state index in [-0.39, 0.29) is 11.8 Å². The molecule has 2 N–H and O–H groups in total. The van der Waals surface area contributed by atoms with Gasteiger partial charge in [0.05, 0.1) is 12.1 Å². The number of anilines is 1. The molecule has 26 heavy (non-hydrogen) atoms. The second-order valence-corrected chi connectivity index (χ2v) is 7.20. The average molecular weight is 350 g/mol. The highest BCUT2D eigenvalue weighted by Gasteiger charge is 2.19. The Balaban J connectivity index is 2.02. The fraction of sp³-hybridized carbons (Fsp3) is 0.300. The first kappa shape index (κ1) is 17.8. The number of aromatic nitrogens is 3. The van der Waals surface area contributed by atoms with E-state index in [1.807, 2.05) is 42.6 Å². The lowest BCUT2D eigenvalue weighted by atomic mass is 9.92. The molecule has 0 saturated heterocycles. The molecule has 3 rings (SSSR count). The molecule has 3 aromatic rings. The lowest BCUT2D eigenvalue weighted by Crippen LogP contribution is -2.17. The molecule has 1 aromatic carbocycles. The number of nitrogens with one attached hydrogen (secondary N) is 1. The number of rotatable bonds is 5. The minimum atomic E-state index is -0.848. The highest BCUT2D eigenvalue weighted by atomic mass is 16.4. The molecule has 0 saturated carbocycles. The van der Waals surface area contributed by atoms with E-state index >= 15 is 0 Å². The van der Waals surface area contributed by atoms with Crippen LogP contribution in [0.25, 0.3) is 22.3 Å². The monoisotopic (exact) mass is 350 g/mol. The van der Waals surface area contributed by atoms with E-state index in [0.29, 0.717) is 23.9 Å². The molecular weight excluding hydrogens is 328 g/mol. The van der Waals surface area contributed by atoms with Crippen LogP contribution in [0.3, 0.4) is 0 Å². The van der Waals surface area contributed by atoms with Crippen LogP contribution in [0.4, 0.5) is 5.82 Å². The molecule has 6 nitrogen and oxygen atoms in total. The van der Waals surface area contributed by atoms with Crippen molar-refractivity contribution in [2.45, 2.75) is 32.6 Å². The first-order chi connectivity index (χ1) is 12.3. The van der Waals surface area contributed by atoms with Gasteiger partial charge in [0.2, 0.25) is 0 Å². The van der Waals surface area contributed by atoms with Crippen LogP contribution in [-0.2, 0) is 10.2 Å². The summed E-state index contributed by atoms with van der Waals surface area (Å²) in [5, 5.41) is 14.0. The Morgan fingerprint density at radius 2 is 1.85 bits per heavy atom. The zero-order valence-electron chi connectivity index (χ0n) is 15.2. The number of nitrogens with zero attached hydrogens (tertiary/aromatic N) is 3. The third-order valence-corrected chi connectivity index (χ3v) is 4.00. The van der Waals surface area contributed by atoms with Crippen LogP contribution in [0.1, 0.15) is 32.9 Å². The van der Waals surface area contributed by atoms with Crippen molar-refractivity contribution < 1.29 is 9.90 Å². The molecule has 0 bridgehead atoms. The summed E-state index contributed by atoms with van der Waals surface area (Å²) >= 11 is 0. The molecule has 0 aliphatic rings. The fourth-order valence-corrected chi connectivity index (χ4v) is 2.54. The van der Waals surface area contributed by atoms with Crippen LogP contribution in [0.2, 0.25) is 0 Å². The number of hydrogen-bond acceptors (Lipinski definition) is 5. The number of carbonyl (C=O) groups is 1. The molecule has 0 unspecified atom stereocenters. The summed E-state index contributed by atoms with van der Waals surface area (Å²) < 4.78 is 0. The Morgan fingerprint density at radius 3 is 2.54 bits per heavy atom. The third kappa shape index (κ3) is 4.14. The molecule has 0 amide bonds. The Hall–Kier alpha value is -3.02. The molecule has 2 heterocycles. The van der Waals surface area contributed by atoms with E-state index in [2.05, 4.69) is 36.1 Å². The average Bonchev–Trinajstić information content (AvgIpc) is 2.60. The minimum Gasteiger partial charge on any atom is -0.481 e. The van der Waals surface area contributed by atoms with Gasteiger partial charge in [-0.15, -0.1) is 0 Å². The van der Waals surface area contributed by atoms with E-state index in [9.17, 15) is 4.79 Å². The van der Waals surface area contributed by atoms with Gasteiger partial charge in [0.25, 0.3) is 0 Å². The maximum Gasteiger partial charge on any atom is 0.305 e. The molecular formula is C20H22N4O2. The van der Waals surface area contributed by atoms with Gasteiger partial charge in [-0.05, 0) is 11.5 Å². The van der Waals surface area contributed by atoms with Crippen molar-refractivity contribution in [3.8, 4) is 11.5 Å². The number of fused-ring (bicyclic) bond motifs is 1. The van der Waals surface area contributed by atoms with E-state index < -0.39 is 5.97 Å². The molecule has 0 atom stereocenters. The summed E-state index contributed by atoms with van der Waals surface area (Å²) in [6.45, 7) is 6.54. The second-order valence-electron chi connectivity index (χ2n) is 7.20. The van der Waals surface area contributed by atoms with Gasteiger partial charge in [-0.25, -0.2) is 9.97 Å². The van der Waals surface area contributed by atoms with E-state index in [0.717, 1.165) is 16.5 Å². The predicted octanol–water partition coefficient (Wildman–Crippen LogP) is 3.88. The standard InChI is InChI=1S/C20H22N4O2/c1-20(2,3)16-11-17(21-9-8-18(25)26)24-19(23-16)15-10-13-6-4-5-7-14(13)12-22-15/h4-7,10-12H,8-9H2,1-3H3,(H,25,26)(H,21,23,24). The van der Waals surface area contributed by atoms with Crippen LogP contribution < -0.4 is 5.32 Å². The van der Waals surface area contributed by atoms with Gasteiger partial charge in [-0.3, -0.25) is 9.78 Å². The van der Waals surface area contributed by atoms with E-state index in [1.165, 1.54) is 0 Å². The number of benzene rings is 1. The molecule has 0 aliphatic carbocycles. The number of pyridine rings is 1. The quantitative estimate of drug-likeness (QED) is 0.726. The first-order valence-corrected chi connectivity index (χ1v) is 8.53. The number of carboxylic acids is 1. The van der Waals surface area contributed by atoms with Gasteiger partial charge in [-0.1, -0.05) is 45.0 Å². The van der Waals surface area contributed by atoms with Gasteiger partial charge >= 0.3 is 5.97 Å². The highest BCUT2D eigenvalue weighted by molar-refractivity contribution is 5.84. The highest BCUT2D eigenvalue weighted by Crippen LogP contribution is 2.26. The van der Waals surface area contributed by atoms with Crippen molar-refractivity contribution in [1.82, 2.24) is 15.0 Å². The maximum atomic E-state index is 10.7. The third-order valence-electron chi connectivity index (χ3n) is 4.00. The first-order valence-electron chi connectivity index (χ1n) is 8.53. The Labute approximate surface area is 152 Å². The molecule has 0 radical (unpaired) electrons. The smallest absolute Gasteiger partial charge is 0.305 e. The Morgan fingerprint density at radius 1 is 1.12 bits per heavy atom. The maximum absolute atomic E-state index is 10.7. The van der Waals surface area contributed by atoms with Crippen molar-refractivity contribution in [2.24, 2.45) is 0 Å². The molecule has 6 heteroatoms. The van der Waals surface area contributed by atoms with E-state index in [4.69, 9.17) is 10.1 Å². The Kier molecular flexibility index (Phi) is 4.84. The summed E-state index contributed by atoms with van der Waals surface area (Å²) in [6.07, 6.45) is 1.84. The summed E-state index contributed by atoms with van der Waals surface area (Å²) in [6, 6.07) is 11.8. The largest absolute Gasteiger partial charge is 0.481 e. The van der Waals surface area contributed by atoms with Crippen molar-refractivity contribution >= 4 is 22.6 Å². The molecule has 0 aliphatic heterocycles. The van der Waals surface area contributed by atoms with Gasteiger partial charge in [0.15, 0.2) is 5.82 Å². The van der Waals surface area contributed by atoms with Gasteiger partial charge in [-0.2, -0.15) is 0 Å². The number of hydrogen-bond donors (Lipinski definition) is 2. The topological polar surface area (TPSA) is 88.0 Å². The minimum absolute atomic E-state index is 0.0262. The van der Waals surface area contributed by atoms with Gasteiger partial charge in [0, 0.05) is 29.6 Å². The summed E-state index contributed by atoms with van der Waals surface area (Å²) in [5.41, 5.74) is 1.39. The molecule has 134 valence electrons. The van der Waals surface area contributed by atoms with Crippen molar-refractivity contribution in [2.75, 3.05) is 11.9 Å². The summed E-state index contributed by atoms with van der Waals surface area (Å²) in [7, 11) is 0. The van der Waals surface area contributed by atoms with Crippen LogP contribution in [0.5, 0.6) is 0 Å². The van der Waals surface area contributed by atoms with Crippen molar-refractivity contribution in [1.29, 1.82) is 0 Å². The van der Waals surface area contributed by atoms with Crippen LogP contribution in [0, 0.1) is 0 Å².